The average Bonchev–Trinajstić information content (AvgIpc) is 2.95. The molecule has 0 amide bonds. The number of hydrogen-bond donors (Lipinski definition) is 0. The summed E-state index contributed by atoms with van der Waals surface area (Å²) in [5.74, 6) is -0.418. The number of halogens is 1. The molecule has 3 aromatic rings. The molecule has 1 aromatic carbocycles. The zero-order chi connectivity index (χ0) is 14.8. The first-order valence-corrected chi connectivity index (χ1v) is 7.39. The lowest BCUT2D eigenvalue weighted by molar-refractivity contribution is 0.0520. The fourth-order valence-corrected chi connectivity index (χ4v) is 2.74. The molecule has 0 radical (unpaired) electrons. The summed E-state index contributed by atoms with van der Waals surface area (Å²) in [6.45, 7) is 2.10. The third kappa shape index (κ3) is 2.45. The van der Waals surface area contributed by atoms with Gasteiger partial charge in [-0.05, 0) is 25.1 Å². The van der Waals surface area contributed by atoms with Crippen LogP contribution in [0.15, 0.2) is 53.3 Å². The van der Waals surface area contributed by atoms with Crippen molar-refractivity contribution in [2.45, 2.75) is 6.92 Å². The predicted molar refractivity (Wildman–Crippen MR) is 84.3 cm³/mol. The van der Waals surface area contributed by atoms with Crippen LogP contribution in [0.2, 0.25) is 0 Å². The van der Waals surface area contributed by atoms with E-state index in [1.165, 1.54) is 0 Å². The van der Waals surface area contributed by atoms with E-state index in [-0.39, 0.29) is 0 Å². The zero-order valence-electron chi connectivity index (χ0n) is 11.4. The smallest absolute Gasteiger partial charge is 0.359 e. The van der Waals surface area contributed by atoms with Crippen LogP contribution in [0.25, 0.3) is 16.8 Å². The molecule has 0 N–H and O–H groups in total. The molecule has 0 fully saturated rings. The third-order valence-corrected chi connectivity index (χ3v) is 3.86. The maximum Gasteiger partial charge on any atom is 0.359 e. The highest BCUT2D eigenvalue weighted by Gasteiger charge is 2.20. The average molecular weight is 345 g/mol. The number of benzene rings is 1. The van der Waals surface area contributed by atoms with Gasteiger partial charge >= 0.3 is 5.97 Å². The maximum absolute atomic E-state index is 12.2. The van der Waals surface area contributed by atoms with E-state index in [9.17, 15) is 4.79 Å². The Labute approximate surface area is 130 Å². The molecule has 0 saturated heterocycles. The van der Waals surface area contributed by atoms with Crippen LogP contribution in [0, 0.1) is 0 Å². The first-order valence-electron chi connectivity index (χ1n) is 6.60. The fraction of sp³-hybridized carbons (Fsp3) is 0.125. The highest BCUT2D eigenvalue weighted by atomic mass is 79.9. The first-order chi connectivity index (χ1) is 10.2. The standard InChI is InChI=1S/C16H13BrN2O2/c1-2-21-16(20)14-15(12-7-3-4-8-13(12)17)19-9-5-6-11(19)10-18-14/h3-10H,2H2,1H3. The van der Waals surface area contributed by atoms with Crippen molar-refractivity contribution in [3.63, 3.8) is 0 Å². The summed E-state index contributed by atoms with van der Waals surface area (Å²) >= 11 is 3.54. The SMILES string of the molecule is CCOC(=O)c1ncc2cccn2c1-c1ccccc1Br. The van der Waals surface area contributed by atoms with E-state index in [1.54, 1.807) is 13.1 Å². The number of ether oxygens (including phenoxy) is 1. The van der Waals surface area contributed by atoms with Gasteiger partial charge in [-0.25, -0.2) is 9.78 Å². The van der Waals surface area contributed by atoms with Crippen LogP contribution >= 0.6 is 15.9 Å². The molecule has 0 aliphatic carbocycles. The molecule has 0 aliphatic rings. The predicted octanol–water partition coefficient (Wildman–Crippen LogP) is 3.94. The van der Waals surface area contributed by atoms with Gasteiger partial charge in [0.15, 0.2) is 5.69 Å². The lowest BCUT2D eigenvalue weighted by atomic mass is 10.1. The third-order valence-electron chi connectivity index (χ3n) is 3.17. The number of aromatic nitrogens is 2. The fourth-order valence-electron chi connectivity index (χ4n) is 2.27. The monoisotopic (exact) mass is 344 g/mol. The zero-order valence-corrected chi connectivity index (χ0v) is 13.0. The molecule has 2 aromatic heterocycles. The van der Waals surface area contributed by atoms with Gasteiger partial charge in [-0.3, -0.25) is 0 Å². The Bertz CT molecular complexity index is 811. The van der Waals surface area contributed by atoms with Crippen LogP contribution in [0.5, 0.6) is 0 Å². The molecule has 0 atom stereocenters. The Balaban J connectivity index is 2.32. The summed E-state index contributed by atoms with van der Waals surface area (Å²) in [7, 11) is 0. The lowest BCUT2D eigenvalue weighted by Gasteiger charge is -2.12. The molecule has 5 heteroatoms. The van der Waals surface area contributed by atoms with E-state index in [4.69, 9.17) is 4.74 Å². The second kappa shape index (κ2) is 5.69. The second-order valence-corrected chi connectivity index (χ2v) is 5.31. The molecule has 0 aliphatic heterocycles. The van der Waals surface area contributed by atoms with E-state index in [1.807, 2.05) is 47.0 Å². The Kier molecular flexibility index (Phi) is 3.75. The van der Waals surface area contributed by atoms with E-state index < -0.39 is 5.97 Å². The highest BCUT2D eigenvalue weighted by molar-refractivity contribution is 9.10. The van der Waals surface area contributed by atoms with Gasteiger partial charge < -0.3 is 9.14 Å². The molecule has 4 nitrogen and oxygen atoms in total. The van der Waals surface area contributed by atoms with E-state index >= 15 is 0 Å². The summed E-state index contributed by atoms with van der Waals surface area (Å²) in [5.41, 5.74) is 2.86. The molecule has 2 heterocycles. The van der Waals surface area contributed by atoms with Crippen molar-refractivity contribution in [1.29, 1.82) is 0 Å². The summed E-state index contributed by atoms with van der Waals surface area (Å²) in [6, 6.07) is 11.6. The molecule has 21 heavy (non-hydrogen) atoms. The van der Waals surface area contributed by atoms with Gasteiger partial charge in [0.1, 0.15) is 0 Å². The van der Waals surface area contributed by atoms with E-state index in [2.05, 4.69) is 20.9 Å². The van der Waals surface area contributed by atoms with Crippen molar-refractivity contribution in [3.05, 3.63) is 59.0 Å². The molecule has 0 saturated carbocycles. The number of carbonyl (C=O) groups is 1. The van der Waals surface area contributed by atoms with Crippen molar-refractivity contribution in [3.8, 4) is 11.3 Å². The van der Waals surface area contributed by atoms with Gasteiger partial charge in [-0.1, -0.05) is 34.1 Å². The largest absolute Gasteiger partial charge is 0.461 e. The Morgan fingerprint density at radius 3 is 2.86 bits per heavy atom. The van der Waals surface area contributed by atoms with Crippen LogP contribution in [-0.4, -0.2) is 22.0 Å². The van der Waals surface area contributed by atoms with Crippen molar-refractivity contribution >= 4 is 27.4 Å². The molecule has 106 valence electrons. The van der Waals surface area contributed by atoms with Gasteiger partial charge in [0.05, 0.1) is 24.0 Å². The van der Waals surface area contributed by atoms with E-state index in [0.29, 0.717) is 12.3 Å². The minimum absolute atomic E-state index is 0.312. The summed E-state index contributed by atoms with van der Waals surface area (Å²) in [5, 5.41) is 0. The van der Waals surface area contributed by atoms with Crippen LogP contribution in [0.1, 0.15) is 17.4 Å². The van der Waals surface area contributed by atoms with Crippen LogP contribution < -0.4 is 0 Å². The molecule has 0 bridgehead atoms. The summed E-state index contributed by atoms with van der Waals surface area (Å²) in [4.78, 5) is 16.5. The number of nitrogens with zero attached hydrogens (tertiary/aromatic N) is 2. The molecular formula is C16H13BrN2O2. The first kappa shape index (κ1) is 13.8. The van der Waals surface area contributed by atoms with Crippen LogP contribution in [0.4, 0.5) is 0 Å². The Morgan fingerprint density at radius 1 is 1.29 bits per heavy atom. The number of rotatable bonds is 3. The van der Waals surface area contributed by atoms with Crippen molar-refractivity contribution in [2.75, 3.05) is 6.61 Å². The number of fused-ring (bicyclic) bond motifs is 1. The van der Waals surface area contributed by atoms with Gasteiger partial charge in [-0.15, -0.1) is 0 Å². The highest BCUT2D eigenvalue weighted by Crippen LogP contribution is 2.31. The van der Waals surface area contributed by atoms with Crippen molar-refractivity contribution in [2.24, 2.45) is 0 Å². The Morgan fingerprint density at radius 2 is 2.10 bits per heavy atom. The second-order valence-electron chi connectivity index (χ2n) is 4.46. The molecule has 3 rings (SSSR count). The number of hydrogen-bond acceptors (Lipinski definition) is 3. The van der Waals surface area contributed by atoms with Crippen molar-refractivity contribution < 1.29 is 9.53 Å². The molecule has 0 spiro atoms. The van der Waals surface area contributed by atoms with Crippen LogP contribution in [0.3, 0.4) is 0 Å². The number of carbonyl (C=O) groups excluding carboxylic acids is 1. The topological polar surface area (TPSA) is 43.6 Å². The molecular weight excluding hydrogens is 332 g/mol. The minimum Gasteiger partial charge on any atom is -0.461 e. The maximum atomic E-state index is 12.2. The van der Waals surface area contributed by atoms with Gasteiger partial charge in [0.25, 0.3) is 0 Å². The van der Waals surface area contributed by atoms with Crippen molar-refractivity contribution in [1.82, 2.24) is 9.38 Å². The summed E-state index contributed by atoms with van der Waals surface area (Å²) < 4.78 is 7.97. The van der Waals surface area contributed by atoms with E-state index in [0.717, 1.165) is 21.2 Å². The normalized spacial score (nSPS) is 10.8. The number of esters is 1. The summed E-state index contributed by atoms with van der Waals surface area (Å²) in [6.07, 6.45) is 3.58. The quantitative estimate of drug-likeness (QED) is 0.676. The molecule has 0 unspecified atom stereocenters. The lowest BCUT2D eigenvalue weighted by Crippen LogP contribution is -2.11. The van der Waals surface area contributed by atoms with Gasteiger partial charge in [0.2, 0.25) is 0 Å². The Hall–Kier alpha value is -2.14. The van der Waals surface area contributed by atoms with Gasteiger partial charge in [0, 0.05) is 16.2 Å². The van der Waals surface area contributed by atoms with Gasteiger partial charge in [-0.2, -0.15) is 0 Å². The minimum atomic E-state index is -0.418. The van der Waals surface area contributed by atoms with Crippen LogP contribution in [-0.2, 0) is 4.74 Å².